The fourth-order valence-electron chi connectivity index (χ4n) is 1.18. The summed E-state index contributed by atoms with van der Waals surface area (Å²) in [5.41, 5.74) is 0.0524. The van der Waals surface area contributed by atoms with Crippen LogP contribution in [0.25, 0.3) is 0 Å². The maximum absolute atomic E-state index is 11.8. The molecule has 5 nitrogen and oxygen atoms in total. The Kier molecular flexibility index (Phi) is 4.39. The fraction of sp³-hybridized carbons (Fsp3) is 0.182. The minimum absolute atomic E-state index is 0.0900. The number of halogens is 1. The molecule has 1 rings (SSSR count). The van der Waals surface area contributed by atoms with Gasteiger partial charge in [0, 0.05) is 36.9 Å². The zero-order chi connectivity index (χ0) is 13.0. The predicted octanol–water partition coefficient (Wildman–Crippen LogP) is 2.51. The molecule has 0 fully saturated rings. The summed E-state index contributed by atoms with van der Waals surface area (Å²) in [6, 6.07) is 4.48. The van der Waals surface area contributed by atoms with Crippen LogP contribution in [-0.4, -0.2) is 34.9 Å². The number of nitrogens with zero attached hydrogens (tertiary/aromatic N) is 2. The van der Waals surface area contributed by atoms with Crippen LogP contribution in [0.3, 0.4) is 0 Å². The summed E-state index contributed by atoms with van der Waals surface area (Å²) < 4.78 is 0.607. The van der Waals surface area contributed by atoms with E-state index in [1.165, 1.54) is 18.2 Å². The highest BCUT2D eigenvalue weighted by molar-refractivity contribution is 9.10. The van der Waals surface area contributed by atoms with Crippen molar-refractivity contribution in [2.75, 3.05) is 14.1 Å². The van der Waals surface area contributed by atoms with Crippen molar-refractivity contribution in [2.45, 2.75) is 0 Å². The summed E-state index contributed by atoms with van der Waals surface area (Å²) in [6.07, 6.45) is 2.90. The van der Waals surface area contributed by atoms with Crippen LogP contribution in [-0.2, 0) is 0 Å². The van der Waals surface area contributed by atoms with E-state index in [9.17, 15) is 9.70 Å². The molecule has 0 spiro atoms. The number of hydrogen-bond acceptors (Lipinski definition) is 3. The van der Waals surface area contributed by atoms with Crippen molar-refractivity contribution < 1.29 is 14.9 Å². The molecule has 6 heteroatoms. The third-order valence-electron chi connectivity index (χ3n) is 1.96. The minimum atomic E-state index is -0.351. The number of rotatable bonds is 4. The molecule has 0 saturated heterocycles. The normalized spacial score (nSPS) is 10.5. The molecule has 0 aliphatic heterocycles. The first-order valence-corrected chi connectivity index (χ1v) is 5.55. The number of carbonyl (C=O) groups excluding carboxylic acids is 1. The third kappa shape index (κ3) is 3.67. The molecule has 0 bridgehead atoms. The lowest BCUT2D eigenvalue weighted by Crippen LogP contribution is -2.05. The van der Waals surface area contributed by atoms with E-state index >= 15 is 0 Å². The fourth-order valence-corrected chi connectivity index (χ4v) is 1.53. The smallest absolute Gasteiger partial charge is 0.328 e. The summed E-state index contributed by atoms with van der Waals surface area (Å²) in [5, 5.41) is 8.93. The van der Waals surface area contributed by atoms with Crippen molar-refractivity contribution in [1.82, 2.24) is 4.90 Å². The molecule has 0 aliphatic rings. The van der Waals surface area contributed by atoms with Gasteiger partial charge in [0.1, 0.15) is 5.56 Å². The molecule has 0 aliphatic carbocycles. The summed E-state index contributed by atoms with van der Waals surface area (Å²) in [7, 11) is 3.55. The van der Waals surface area contributed by atoms with Gasteiger partial charge in [0.05, 0.1) is 4.91 Å². The molecule has 1 aromatic carbocycles. The minimum Gasteiger partial charge on any atom is -0.383 e. The molecule has 0 radical (unpaired) electrons. The van der Waals surface area contributed by atoms with Gasteiger partial charge in [0.2, 0.25) is 0 Å². The monoisotopic (exact) mass is 299 g/mol. The van der Waals surface area contributed by atoms with E-state index in [4.69, 9.17) is 5.21 Å². The number of benzene rings is 1. The van der Waals surface area contributed by atoms with Gasteiger partial charge < -0.3 is 4.90 Å². The SMILES string of the molecule is CN(C)/C=C/C(=O)c1ccc(Br)cc1[N+](=O)O. The number of allylic oxidation sites excluding steroid dienone is 1. The molecule has 0 heterocycles. The van der Waals surface area contributed by atoms with Crippen LogP contribution in [0.1, 0.15) is 10.4 Å². The van der Waals surface area contributed by atoms with Gasteiger partial charge >= 0.3 is 5.69 Å². The summed E-state index contributed by atoms with van der Waals surface area (Å²) in [5.74, 6) is -0.351. The molecule has 1 aromatic rings. The maximum Gasteiger partial charge on any atom is 0.328 e. The Bertz CT molecular complexity index is 484. The molecule has 0 atom stereocenters. The second kappa shape index (κ2) is 5.58. The lowest BCUT2D eigenvalue weighted by molar-refractivity contribution is -0.729. The maximum atomic E-state index is 11.8. The van der Waals surface area contributed by atoms with Gasteiger partial charge in [0.15, 0.2) is 5.78 Å². The van der Waals surface area contributed by atoms with Crippen molar-refractivity contribution in [2.24, 2.45) is 0 Å². The number of ketones is 1. The van der Waals surface area contributed by atoms with E-state index < -0.39 is 0 Å². The van der Waals surface area contributed by atoms with Gasteiger partial charge in [-0.25, -0.2) is 5.21 Å². The van der Waals surface area contributed by atoms with E-state index in [1.54, 1.807) is 31.3 Å². The van der Waals surface area contributed by atoms with Crippen molar-refractivity contribution in [3.8, 4) is 0 Å². The van der Waals surface area contributed by atoms with Crippen LogP contribution >= 0.6 is 15.9 Å². The average Bonchev–Trinajstić information content (AvgIpc) is 2.25. The Balaban J connectivity index is 3.13. The van der Waals surface area contributed by atoms with E-state index in [1.807, 2.05) is 0 Å². The zero-order valence-electron chi connectivity index (χ0n) is 9.42. The predicted molar refractivity (Wildman–Crippen MR) is 66.4 cm³/mol. The summed E-state index contributed by atoms with van der Waals surface area (Å²) >= 11 is 3.16. The first-order chi connectivity index (χ1) is 7.91. The van der Waals surface area contributed by atoms with Crippen molar-refractivity contribution in [1.29, 1.82) is 0 Å². The summed E-state index contributed by atoms with van der Waals surface area (Å²) in [4.78, 5) is 24.1. The van der Waals surface area contributed by atoms with Crippen LogP contribution in [0.5, 0.6) is 0 Å². The van der Waals surface area contributed by atoms with Gasteiger partial charge in [-0.1, -0.05) is 15.9 Å². The van der Waals surface area contributed by atoms with E-state index in [0.717, 1.165) is 0 Å². The average molecular weight is 300 g/mol. The Morgan fingerprint density at radius 2 is 2.12 bits per heavy atom. The van der Waals surface area contributed by atoms with Crippen molar-refractivity contribution >= 4 is 27.4 Å². The van der Waals surface area contributed by atoms with Crippen LogP contribution in [0.4, 0.5) is 5.69 Å². The van der Waals surface area contributed by atoms with Crippen LogP contribution < -0.4 is 0 Å². The molecular weight excluding hydrogens is 288 g/mol. The van der Waals surface area contributed by atoms with Crippen LogP contribution in [0, 0.1) is 4.91 Å². The lowest BCUT2D eigenvalue weighted by atomic mass is 10.1. The standard InChI is InChI=1S/C11H12BrN2O3/c1-13(2)6-5-11(15)9-4-3-8(12)7-10(9)14(16)17/h3-7H,1-2H3,(H,16,17)/q+1/b6-5+. The molecular formula is C11H12BrN2O3+. The second-order valence-electron chi connectivity index (χ2n) is 3.58. The highest BCUT2D eigenvalue weighted by Crippen LogP contribution is 2.23. The first-order valence-electron chi connectivity index (χ1n) is 4.76. The van der Waals surface area contributed by atoms with Gasteiger partial charge in [0.25, 0.3) is 4.92 Å². The quantitative estimate of drug-likeness (QED) is 0.527. The van der Waals surface area contributed by atoms with Gasteiger partial charge in [-0.3, -0.25) is 4.79 Å². The molecule has 17 heavy (non-hydrogen) atoms. The molecule has 1 N–H and O–H groups in total. The highest BCUT2D eigenvalue weighted by atomic mass is 79.9. The van der Waals surface area contributed by atoms with Crippen LogP contribution in [0.15, 0.2) is 34.9 Å². The largest absolute Gasteiger partial charge is 0.383 e. The molecule has 0 saturated carbocycles. The topological polar surface area (TPSA) is 60.6 Å². The van der Waals surface area contributed by atoms with E-state index in [0.29, 0.717) is 4.47 Å². The number of carbonyl (C=O) groups is 1. The number of hydrogen-bond donors (Lipinski definition) is 1. The molecule has 0 amide bonds. The molecule has 0 unspecified atom stereocenters. The first kappa shape index (κ1) is 13.4. The van der Waals surface area contributed by atoms with Crippen molar-refractivity contribution in [3.63, 3.8) is 0 Å². The van der Waals surface area contributed by atoms with Gasteiger partial charge in [-0.15, -0.1) is 0 Å². The van der Waals surface area contributed by atoms with Crippen molar-refractivity contribution in [3.05, 3.63) is 45.4 Å². The van der Waals surface area contributed by atoms with Gasteiger partial charge in [-0.05, 0) is 12.1 Å². The Labute approximate surface area is 107 Å². The zero-order valence-corrected chi connectivity index (χ0v) is 11.0. The molecule has 90 valence electrons. The van der Waals surface area contributed by atoms with Gasteiger partial charge in [-0.2, -0.15) is 0 Å². The van der Waals surface area contributed by atoms with E-state index in [2.05, 4.69) is 15.9 Å². The summed E-state index contributed by atoms with van der Waals surface area (Å²) in [6.45, 7) is 0. The Morgan fingerprint density at radius 1 is 1.47 bits per heavy atom. The second-order valence-corrected chi connectivity index (χ2v) is 4.49. The lowest BCUT2D eigenvalue weighted by Gasteiger charge is -2.02. The van der Waals surface area contributed by atoms with E-state index in [-0.39, 0.29) is 22.0 Å². The Morgan fingerprint density at radius 3 is 2.65 bits per heavy atom. The molecule has 0 aromatic heterocycles. The van der Waals surface area contributed by atoms with Crippen LogP contribution in [0.2, 0.25) is 0 Å². The third-order valence-corrected chi connectivity index (χ3v) is 2.45. The Hall–Kier alpha value is -1.69. The highest BCUT2D eigenvalue weighted by Gasteiger charge is 2.22.